The number of rotatable bonds is 6. The summed E-state index contributed by atoms with van der Waals surface area (Å²) in [6, 6.07) is 11.8. The number of para-hydroxylation sites is 1. The molecule has 0 radical (unpaired) electrons. The number of benzene rings is 1. The molecule has 0 spiro atoms. The fourth-order valence-corrected chi connectivity index (χ4v) is 4.30. The number of carbonyl (C=O) groups excluding carboxylic acids is 2. The van der Waals surface area contributed by atoms with Crippen LogP contribution in [-0.2, 0) is 4.79 Å². The van der Waals surface area contributed by atoms with Gasteiger partial charge in [-0.1, -0.05) is 30.0 Å². The lowest BCUT2D eigenvalue weighted by Crippen LogP contribution is -2.45. The van der Waals surface area contributed by atoms with E-state index in [-0.39, 0.29) is 23.6 Å². The summed E-state index contributed by atoms with van der Waals surface area (Å²) in [6.45, 7) is 0. The summed E-state index contributed by atoms with van der Waals surface area (Å²) in [5.41, 5.74) is 0.604. The Kier molecular flexibility index (Phi) is 5.23. The lowest BCUT2D eigenvalue weighted by Gasteiger charge is -2.21. The van der Waals surface area contributed by atoms with Crippen molar-refractivity contribution in [2.24, 2.45) is 0 Å². The molecule has 2 saturated carbocycles. The van der Waals surface area contributed by atoms with Gasteiger partial charge in [0.2, 0.25) is 5.91 Å². The number of thioether (sulfide) groups is 1. The summed E-state index contributed by atoms with van der Waals surface area (Å²) < 4.78 is 0. The Morgan fingerprint density at radius 3 is 2.71 bits per heavy atom. The van der Waals surface area contributed by atoms with Gasteiger partial charge in [0, 0.05) is 11.4 Å². The molecule has 2 fully saturated rings. The van der Waals surface area contributed by atoms with E-state index in [1.165, 1.54) is 11.8 Å². The molecular formula is C21H22N4O2S. The summed E-state index contributed by atoms with van der Waals surface area (Å²) in [5.74, 6) is -0.104. The highest BCUT2D eigenvalue weighted by Gasteiger charge is 2.35. The van der Waals surface area contributed by atoms with Crippen molar-refractivity contribution in [2.75, 3.05) is 5.75 Å². The normalized spacial score (nSPS) is 17.8. The molecule has 28 heavy (non-hydrogen) atoms. The molecule has 0 bridgehead atoms. The predicted molar refractivity (Wildman–Crippen MR) is 108 cm³/mol. The van der Waals surface area contributed by atoms with Crippen molar-refractivity contribution < 1.29 is 9.59 Å². The van der Waals surface area contributed by atoms with Crippen molar-refractivity contribution in [1.29, 1.82) is 5.26 Å². The highest BCUT2D eigenvalue weighted by Crippen LogP contribution is 2.30. The third-order valence-electron chi connectivity index (χ3n) is 5.25. The Balaban J connectivity index is 1.49. The van der Waals surface area contributed by atoms with Gasteiger partial charge < -0.3 is 10.6 Å². The van der Waals surface area contributed by atoms with Crippen LogP contribution in [0.3, 0.4) is 0 Å². The highest BCUT2D eigenvalue weighted by molar-refractivity contribution is 7.99. The first-order valence-electron chi connectivity index (χ1n) is 9.64. The van der Waals surface area contributed by atoms with Crippen LogP contribution in [0.25, 0.3) is 10.9 Å². The fraction of sp³-hybridized carbons (Fsp3) is 0.429. The second kappa shape index (κ2) is 7.80. The van der Waals surface area contributed by atoms with E-state index in [9.17, 15) is 14.9 Å². The minimum absolute atomic E-state index is 0.0956. The Labute approximate surface area is 168 Å². The Morgan fingerprint density at radius 2 is 2.00 bits per heavy atom. The molecule has 1 aromatic carbocycles. The number of aromatic nitrogens is 1. The standard InChI is InChI=1S/C21H22N4O2S/c22-13-21(9-3-4-10-21)25-18(26)12-28-19-11-16(20(27)23-14-7-8-14)15-5-1-2-6-17(15)24-19/h1-2,5-6,11,14H,3-4,7-10,12H2,(H,23,27)(H,25,26). The maximum atomic E-state index is 12.6. The van der Waals surface area contributed by atoms with E-state index in [1.54, 1.807) is 6.07 Å². The molecule has 1 aromatic heterocycles. The lowest BCUT2D eigenvalue weighted by molar-refractivity contribution is -0.119. The lowest BCUT2D eigenvalue weighted by atomic mass is 10.0. The minimum Gasteiger partial charge on any atom is -0.349 e. The van der Waals surface area contributed by atoms with Crippen molar-refractivity contribution in [3.05, 3.63) is 35.9 Å². The van der Waals surface area contributed by atoms with Crippen molar-refractivity contribution in [3.8, 4) is 6.07 Å². The summed E-state index contributed by atoms with van der Waals surface area (Å²) in [4.78, 5) is 29.6. The van der Waals surface area contributed by atoms with E-state index in [2.05, 4.69) is 21.7 Å². The van der Waals surface area contributed by atoms with Crippen molar-refractivity contribution >= 4 is 34.5 Å². The van der Waals surface area contributed by atoms with Gasteiger partial charge >= 0.3 is 0 Å². The molecule has 4 rings (SSSR count). The van der Waals surface area contributed by atoms with Crippen LogP contribution in [0.2, 0.25) is 0 Å². The van der Waals surface area contributed by atoms with Gasteiger partial charge in [-0.15, -0.1) is 0 Å². The van der Waals surface area contributed by atoms with Gasteiger partial charge in [-0.05, 0) is 50.7 Å². The number of pyridine rings is 1. The highest BCUT2D eigenvalue weighted by atomic mass is 32.2. The molecule has 2 aliphatic carbocycles. The molecule has 2 aliphatic rings. The molecule has 7 heteroatoms. The zero-order valence-corrected chi connectivity index (χ0v) is 16.3. The summed E-state index contributed by atoms with van der Waals surface area (Å²) >= 11 is 1.29. The predicted octanol–water partition coefficient (Wildman–Crippen LogP) is 3.17. The average molecular weight is 395 g/mol. The van der Waals surface area contributed by atoms with Crippen LogP contribution >= 0.6 is 11.8 Å². The third kappa shape index (κ3) is 4.12. The number of fused-ring (bicyclic) bond motifs is 1. The van der Waals surface area contributed by atoms with Crippen LogP contribution in [0.15, 0.2) is 35.4 Å². The van der Waals surface area contributed by atoms with Crippen LogP contribution in [-0.4, -0.2) is 34.1 Å². The number of hydrogen-bond donors (Lipinski definition) is 2. The van der Waals surface area contributed by atoms with Crippen LogP contribution in [0.5, 0.6) is 0 Å². The maximum absolute atomic E-state index is 12.6. The molecule has 0 aliphatic heterocycles. The zero-order valence-electron chi connectivity index (χ0n) is 15.5. The third-order valence-corrected chi connectivity index (χ3v) is 6.16. The molecule has 144 valence electrons. The molecule has 0 atom stereocenters. The van der Waals surface area contributed by atoms with Gasteiger partial charge in [0.1, 0.15) is 5.54 Å². The van der Waals surface area contributed by atoms with Gasteiger partial charge in [-0.2, -0.15) is 5.26 Å². The summed E-state index contributed by atoms with van der Waals surface area (Å²) in [6.07, 6.45) is 5.40. The molecule has 1 heterocycles. The number of nitrogens with zero attached hydrogens (tertiary/aromatic N) is 2. The van der Waals surface area contributed by atoms with Crippen molar-refractivity contribution in [2.45, 2.75) is 55.1 Å². The van der Waals surface area contributed by atoms with Crippen LogP contribution in [0.1, 0.15) is 48.9 Å². The maximum Gasteiger partial charge on any atom is 0.252 e. The average Bonchev–Trinajstić information content (AvgIpc) is 3.40. The largest absolute Gasteiger partial charge is 0.349 e. The first-order chi connectivity index (χ1) is 13.6. The SMILES string of the molecule is N#CC1(NC(=O)CSc2cc(C(=O)NC3CC3)c3ccccc3n2)CCCC1. The van der Waals surface area contributed by atoms with E-state index >= 15 is 0 Å². The number of amides is 2. The van der Waals surface area contributed by atoms with E-state index in [1.807, 2.05) is 24.3 Å². The number of nitriles is 1. The fourth-order valence-electron chi connectivity index (χ4n) is 3.59. The molecule has 2 aromatic rings. The topological polar surface area (TPSA) is 94.9 Å². The number of hydrogen-bond acceptors (Lipinski definition) is 5. The van der Waals surface area contributed by atoms with Crippen LogP contribution in [0, 0.1) is 11.3 Å². The quantitative estimate of drug-likeness (QED) is 0.734. The number of nitrogens with one attached hydrogen (secondary N) is 2. The molecule has 0 saturated heterocycles. The first kappa shape index (κ1) is 18.8. The Hall–Kier alpha value is -2.59. The molecular weight excluding hydrogens is 372 g/mol. The first-order valence-corrected chi connectivity index (χ1v) is 10.6. The smallest absolute Gasteiger partial charge is 0.252 e. The van der Waals surface area contributed by atoms with E-state index < -0.39 is 5.54 Å². The molecule has 0 unspecified atom stereocenters. The van der Waals surface area contributed by atoms with Gasteiger partial charge in [0.15, 0.2) is 0 Å². The molecule has 6 nitrogen and oxygen atoms in total. The van der Waals surface area contributed by atoms with Gasteiger partial charge in [0.25, 0.3) is 5.91 Å². The van der Waals surface area contributed by atoms with E-state index in [0.717, 1.165) is 36.6 Å². The van der Waals surface area contributed by atoms with Gasteiger partial charge in [-0.3, -0.25) is 9.59 Å². The van der Waals surface area contributed by atoms with Crippen LogP contribution < -0.4 is 10.6 Å². The molecule has 2 amide bonds. The van der Waals surface area contributed by atoms with Gasteiger partial charge in [-0.25, -0.2) is 4.98 Å². The molecule has 2 N–H and O–H groups in total. The minimum atomic E-state index is -0.718. The van der Waals surface area contributed by atoms with Crippen molar-refractivity contribution in [1.82, 2.24) is 15.6 Å². The zero-order chi connectivity index (χ0) is 19.6. The number of carbonyl (C=O) groups is 2. The van der Waals surface area contributed by atoms with E-state index in [4.69, 9.17) is 0 Å². The Bertz CT molecular complexity index is 959. The van der Waals surface area contributed by atoms with E-state index in [0.29, 0.717) is 23.4 Å². The second-order valence-corrected chi connectivity index (χ2v) is 8.51. The van der Waals surface area contributed by atoms with Crippen LogP contribution in [0.4, 0.5) is 0 Å². The van der Waals surface area contributed by atoms with Gasteiger partial charge in [0.05, 0.1) is 27.9 Å². The monoisotopic (exact) mass is 394 g/mol. The second-order valence-electron chi connectivity index (χ2n) is 7.51. The van der Waals surface area contributed by atoms with Crippen molar-refractivity contribution in [3.63, 3.8) is 0 Å². The Morgan fingerprint density at radius 1 is 1.25 bits per heavy atom. The summed E-state index contributed by atoms with van der Waals surface area (Å²) in [7, 11) is 0. The summed E-state index contributed by atoms with van der Waals surface area (Å²) in [5, 5.41) is 16.8.